The Kier molecular flexibility index (Phi) is 4.54. The molecule has 1 aromatic heterocycles. The zero-order valence-corrected chi connectivity index (χ0v) is 16.9. The van der Waals surface area contributed by atoms with Crippen molar-refractivity contribution in [2.45, 2.75) is 12.3 Å². The summed E-state index contributed by atoms with van der Waals surface area (Å²) in [5.74, 6) is 2.25. The van der Waals surface area contributed by atoms with Crippen molar-refractivity contribution in [2.24, 2.45) is 0 Å². The van der Waals surface area contributed by atoms with E-state index in [9.17, 15) is 4.79 Å². The van der Waals surface area contributed by atoms with Crippen LogP contribution in [0.5, 0.6) is 11.5 Å². The molecule has 0 aliphatic carbocycles. The van der Waals surface area contributed by atoms with Crippen LogP contribution in [0.15, 0.2) is 47.0 Å². The van der Waals surface area contributed by atoms with Crippen LogP contribution in [0.25, 0.3) is 11.4 Å². The van der Waals surface area contributed by atoms with Crippen LogP contribution in [0, 0.1) is 0 Å². The minimum Gasteiger partial charge on any atom is -0.486 e. The van der Waals surface area contributed by atoms with E-state index in [2.05, 4.69) is 10.1 Å². The first-order valence-electron chi connectivity index (χ1n) is 9.90. The maximum Gasteiger partial charge on any atom is 0.232 e. The molecule has 2 aromatic carbocycles. The van der Waals surface area contributed by atoms with Gasteiger partial charge in [-0.15, -0.1) is 0 Å². The van der Waals surface area contributed by atoms with Gasteiger partial charge in [-0.25, -0.2) is 0 Å². The summed E-state index contributed by atoms with van der Waals surface area (Å²) in [6.07, 6.45) is 0.329. The van der Waals surface area contributed by atoms with Crippen LogP contribution in [0.1, 0.15) is 18.2 Å². The average Bonchev–Trinajstić information content (AvgIpc) is 3.40. The first-order chi connectivity index (χ1) is 14.6. The number of hydrogen-bond acceptors (Lipinski definition) is 7. The van der Waals surface area contributed by atoms with Gasteiger partial charge in [0, 0.05) is 50.1 Å². The molecule has 1 amide bonds. The Morgan fingerprint density at radius 1 is 1.03 bits per heavy atom. The minimum absolute atomic E-state index is 0.0202. The molecule has 0 saturated carbocycles. The Hall–Kier alpha value is -3.55. The molecule has 0 unspecified atom stereocenters. The summed E-state index contributed by atoms with van der Waals surface area (Å²) in [5.41, 5.74) is 2.76. The van der Waals surface area contributed by atoms with E-state index in [4.69, 9.17) is 14.0 Å². The number of ether oxygens (including phenoxy) is 2. The zero-order valence-electron chi connectivity index (χ0n) is 16.9. The van der Waals surface area contributed by atoms with Gasteiger partial charge >= 0.3 is 0 Å². The van der Waals surface area contributed by atoms with E-state index in [1.807, 2.05) is 61.5 Å². The summed E-state index contributed by atoms with van der Waals surface area (Å²) in [7, 11) is 3.98. The van der Waals surface area contributed by atoms with Crippen LogP contribution in [-0.4, -0.2) is 49.9 Å². The quantitative estimate of drug-likeness (QED) is 0.659. The van der Waals surface area contributed by atoms with Crippen LogP contribution in [0.2, 0.25) is 0 Å². The molecule has 8 nitrogen and oxygen atoms in total. The van der Waals surface area contributed by atoms with Crippen LogP contribution >= 0.6 is 0 Å². The summed E-state index contributed by atoms with van der Waals surface area (Å²) < 4.78 is 16.7. The molecule has 30 heavy (non-hydrogen) atoms. The fourth-order valence-electron chi connectivity index (χ4n) is 3.75. The monoisotopic (exact) mass is 406 g/mol. The Labute approximate surface area is 174 Å². The van der Waals surface area contributed by atoms with Gasteiger partial charge in [0.1, 0.15) is 13.2 Å². The third-order valence-corrected chi connectivity index (χ3v) is 5.40. The van der Waals surface area contributed by atoms with Crippen LogP contribution in [0.3, 0.4) is 0 Å². The summed E-state index contributed by atoms with van der Waals surface area (Å²) in [5, 5.41) is 4.12. The molecule has 0 bridgehead atoms. The highest BCUT2D eigenvalue weighted by molar-refractivity contribution is 5.96. The molecule has 5 rings (SSSR count). The Balaban J connectivity index is 1.33. The van der Waals surface area contributed by atoms with Gasteiger partial charge in [0.2, 0.25) is 17.6 Å². The molecule has 3 aromatic rings. The molecule has 2 aliphatic rings. The smallest absolute Gasteiger partial charge is 0.232 e. The molecule has 3 heterocycles. The number of aromatic nitrogens is 2. The molecule has 1 fully saturated rings. The maximum absolute atomic E-state index is 12.7. The lowest BCUT2D eigenvalue weighted by Gasteiger charge is -2.22. The van der Waals surface area contributed by atoms with Crippen molar-refractivity contribution in [3.8, 4) is 22.9 Å². The standard InChI is InChI=1S/C22H22N4O4/c1-25(2)16-5-3-14(4-6-16)21-23-22(30-24-21)15-11-20(27)26(13-15)17-7-8-18-19(12-17)29-10-9-28-18/h3-8,12,15H,9-11,13H2,1-2H3/t15-/m0/s1. The van der Waals surface area contributed by atoms with E-state index in [0.717, 1.165) is 16.9 Å². The van der Waals surface area contributed by atoms with E-state index in [-0.39, 0.29) is 11.8 Å². The number of carbonyl (C=O) groups is 1. The van der Waals surface area contributed by atoms with Crippen LogP contribution in [0.4, 0.5) is 11.4 Å². The molecule has 154 valence electrons. The van der Waals surface area contributed by atoms with Gasteiger partial charge in [-0.2, -0.15) is 4.98 Å². The second-order valence-electron chi connectivity index (χ2n) is 7.63. The Morgan fingerprint density at radius 3 is 2.57 bits per heavy atom. The number of nitrogens with zero attached hydrogens (tertiary/aromatic N) is 4. The largest absolute Gasteiger partial charge is 0.486 e. The summed E-state index contributed by atoms with van der Waals surface area (Å²) in [6.45, 7) is 1.53. The fourth-order valence-corrected chi connectivity index (χ4v) is 3.75. The Morgan fingerprint density at radius 2 is 1.80 bits per heavy atom. The van der Waals surface area contributed by atoms with Crippen molar-refractivity contribution in [3.63, 3.8) is 0 Å². The Bertz CT molecular complexity index is 1080. The van der Waals surface area contributed by atoms with Gasteiger partial charge in [-0.1, -0.05) is 5.16 Å². The molecule has 8 heteroatoms. The highest BCUT2D eigenvalue weighted by atomic mass is 16.6. The molecular formula is C22H22N4O4. The molecule has 1 saturated heterocycles. The number of fused-ring (bicyclic) bond motifs is 1. The van der Waals surface area contributed by atoms with E-state index in [1.165, 1.54) is 0 Å². The minimum atomic E-state index is -0.145. The second-order valence-corrected chi connectivity index (χ2v) is 7.63. The molecular weight excluding hydrogens is 384 g/mol. The van der Waals surface area contributed by atoms with E-state index < -0.39 is 0 Å². The van der Waals surface area contributed by atoms with Gasteiger partial charge in [0.05, 0.1) is 5.92 Å². The first-order valence-corrected chi connectivity index (χ1v) is 9.90. The predicted octanol–water partition coefficient (Wildman–Crippen LogP) is 3.09. The third kappa shape index (κ3) is 3.34. The summed E-state index contributed by atoms with van der Waals surface area (Å²) in [6, 6.07) is 13.5. The van der Waals surface area contributed by atoms with Gasteiger partial charge in [-0.3, -0.25) is 4.79 Å². The van der Waals surface area contributed by atoms with Crippen molar-refractivity contribution in [1.29, 1.82) is 0 Å². The number of amides is 1. The highest BCUT2D eigenvalue weighted by Gasteiger charge is 2.35. The average molecular weight is 406 g/mol. The third-order valence-electron chi connectivity index (χ3n) is 5.40. The van der Waals surface area contributed by atoms with Crippen molar-refractivity contribution in [2.75, 3.05) is 43.7 Å². The first kappa shape index (κ1) is 18.5. The lowest BCUT2D eigenvalue weighted by molar-refractivity contribution is -0.117. The van der Waals surface area contributed by atoms with Crippen molar-refractivity contribution >= 4 is 17.3 Å². The van der Waals surface area contributed by atoms with Gasteiger partial charge in [0.25, 0.3) is 0 Å². The molecule has 0 spiro atoms. The zero-order chi connectivity index (χ0) is 20.7. The number of carbonyl (C=O) groups excluding carboxylic acids is 1. The normalized spacial score (nSPS) is 18.0. The van der Waals surface area contributed by atoms with Gasteiger partial charge in [-0.05, 0) is 36.4 Å². The molecule has 0 radical (unpaired) electrons. The number of rotatable bonds is 4. The number of benzene rings is 2. The maximum atomic E-state index is 12.7. The van der Waals surface area contributed by atoms with Crippen LogP contribution in [-0.2, 0) is 4.79 Å². The topological polar surface area (TPSA) is 80.9 Å². The fraction of sp³-hybridized carbons (Fsp3) is 0.318. The SMILES string of the molecule is CN(C)c1ccc(-c2noc([C@H]3CC(=O)N(c4ccc5c(c4)OCCO5)C3)n2)cc1. The number of hydrogen-bond donors (Lipinski definition) is 0. The molecule has 2 aliphatic heterocycles. The summed E-state index contributed by atoms with van der Waals surface area (Å²) >= 11 is 0. The molecule has 0 N–H and O–H groups in total. The number of anilines is 2. The predicted molar refractivity (Wildman–Crippen MR) is 111 cm³/mol. The van der Waals surface area contributed by atoms with Crippen molar-refractivity contribution < 1.29 is 18.8 Å². The van der Waals surface area contributed by atoms with Crippen LogP contribution < -0.4 is 19.3 Å². The van der Waals surface area contributed by atoms with Gasteiger partial charge < -0.3 is 23.8 Å². The van der Waals surface area contributed by atoms with Crippen molar-refractivity contribution in [1.82, 2.24) is 10.1 Å². The van der Waals surface area contributed by atoms with E-state index >= 15 is 0 Å². The summed E-state index contributed by atoms with van der Waals surface area (Å²) in [4.78, 5) is 21.0. The molecule has 1 atom stereocenters. The van der Waals surface area contributed by atoms with Crippen molar-refractivity contribution in [3.05, 3.63) is 48.4 Å². The highest BCUT2D eigenvalue weighted by Crippen LogP contribution is 2.37. The van der Waals surface area contributed by atoms with E-state index in [1.54, 1.807) is 4.90 Å². The van der Waals surface area contributed by atoms with E-state index in [0.29, 0.717) is 49.4 Å². The lowest BCUT2D eigenvalue weighted by atomic mass is 10.1. The second kappa shape index (κ2) is 7.37. The lowest BCUT2D eigenvalue weighted by Crippen LogP contribution is -2.24. The van der Waals surface area contributed by atoms with Gasteiger partial charge in [0.15, 0.2) is 11.5 Å².